The molecule has 1 heterocycles. The van der Waals surface area contributed by atoms with Gasteiger partial charge in [-0.05, 0) is 30.7 Å². The van der Waals surface area contributed by atoms with Gasteiger partial charge in [0, 0.05) is 19.0 Å². The number of fused-ring (bicyclic) bond motifs is 1. The number of anilines is 1. The van der Waals surface area contributed by atoms with Crippen molar-refractivity contribution in [3.05, 3.63) is 35.9 Å². The summed E-state index contributed by atoms with van der Waals surface area (Å²) in [6.07, 6.45) is 6.52. The minimum Gasteiger partial charge on any atom is -0.349 e. The van der Waals surface area contributed by atoms with Crippen LogP contribution in [-0.2, 0) is 6.54 Å². The van der Waals surface area contributed by atoms with Crippen LogP contribution in [0.5, 0.6) is 0 Å². The second-order valence-electron chi connectivity index (χ2n) is 4.89. The number of aromatic nitrogens is 1. The highest BCUT2D eigenvalue weighted by atomic mass is 15.2. The zero-order valence-electron chi connectivity index (χ0n) is 12.2. The highest BCUT2D eigenvalue weighted by Gasteiger charge is 2.08. The zero-order chi connectivity index (χ0) is 14.4. The van der Waals surface area contributed by atoms with E-state index in [0.29, 0.717) is 6.54 Å². The van der Waals surface area contributed by atoms with Gasteiger partial charge in [-0.2, -0.15) is 0 Å². The molecule has 104 valence electrons. The molecule has 2 aromatic rings. The lowest BCUT2D eigenvalue weighted by atomic mass is 10.1. The van der Waals surface area contributed by atoms with E-state index in [-0.39, 0.29) is 0 Å². The fourth-order valence-corrected chi connectivity index (χ4v) is 2.19. The molecule has 1 N–H and O–H groups in total. The summed E-state index contributed by atoms with van der Waals surface area (Å²) in [7, 11) is 1.97. The Kier molecular flexibility index (Phi) is 4.97. The Bertz CT molecular complexity index is 613. The summed E-state index contributed by atoms with van der Waals surface area (Å²) < 4.78 is 0. The minimum atomic E-state index is 0.563. The van der Waals surface area contributed by atoms with Crippen LogP contribution in [0, 0.1) is 12.3 Å². The zero-order valence-corrected chi connectivity index (χ0v) is 12.2. The van der Waals surface area contributed by atoms with E-state index in [1.54, 1.807) is 0 Å². The minimum absolute atomic E-state index is 0.563. The molecule has 0 aliphatic carbocycles. The van der Waals surface area contributed by atoms with Crippen molar-refractivity contribution in [1.29, 1.82) is 0 Å². The van der Waals surface area contributed by atoms with Crippen molar-refractivity contribution in [1.82, 2.24) is 10.3 Å². The SMILES string of the molecule is C#CCN(C)c1cc(CNCCC)c2ccccc2n1. The highest BCUT2D eigenvalue weighted by Crippen LogP contribution is 2.22. The van der Waals surface area contributed by atoms with Crippen LogP contribution in [0.4, 0.5) is 5.82 Å². The molecule has 20 heavy (non-hydrogen) atoms. The highest BCUT2D eigenvalue weighted by molar-refractivity contribution is 5.84. The van der Waals surface area contributed by atoms with Crippen molar-refractivity contribution in [2.24, 2.45) is 0 Å². The van der Waals surface area contributed by atoms with Crippen molar-refractivity contribution < 1.29 is 0 Å². The van der Waals surface area contributed by atoms with E-state index in [2.05, 4.69) is 41.3 Å². The van der Waals surface area contributed by atoms with E-state index in [1.807, 2.05) is 24.1 Å². The molecule has 0 saturated carbocycles. The Morgan fingerprint density at radius 2 is 2.15 bits per heavy atom. The molecule has 0 aliphatic heterocycles. The molecule has 1 aromatic carbocycles. The summed E-state index contributed by atoms with van der Waals surface area (Å²) in [6, 6.07) is 10.4. The molecule has 2 rings (SSSR count). The Balaban J connectivity index is 2.38. The topological polar surface area (TPSA) is 28.2 Å². The fraction of sp³-hybridized carbons (Fsp3) is 0.353. The Morgan fingerprint density at radius 1 is 1.35 bits per heavy atom. The van der Waals surface area contributed by atoms with Crippen LogP contribution in [0.1, 0.15) is 18.9 Å². The number of rotatable bonds is 6. The Hall–Kier alpha value is -2.05. The maximum Gasteiger partial charge on any atom is 0.130 e. The number of pyridine rings is 1. The van der Waals surface area contributed by atoms with Crippen molar-refractivity contribution in [2.45, 2.75) is 19.9 Å². The van der Waals surface area contributed by atoms with E-state index in [1.165, 1.54) is 10.9 Å². The number of nitrogens with one attached hydrogen (secondary N) is 1. The molecule has 0 bridgehead atoms. The van der Waals surface area contributed by atoms with Gasteiger partial charge in [0.25, 0.3) is 0 Å². The van der Waals surface area contributed by atoms with Crippen LogP contribution in [0.15, 0.2) is 30.3 Å². The van der Waals surface area contributed by atoms with Crippen LogP contribution >= 0.6 is 0 Å². The molecule has 0 amide bonds. The molecule has 0 spiro atoms. The summed E-state index contributed by atoms with van der Waals surface area (Å²) in [4.78, 5) is 6.68. The molecule has 0 aliphatic rings. The van der Waals surface area contributed by atoms with Crippen LogP contribution in [0.25, 0.3) is 10.9 Å². The first-order valence-corrected chi connectivity index (χ1v) is 7.00. The average molecular weight is 267 g/mol. The molecule has 0 radical (unpaired) electrons. The first-order valence-electron chi connectivity index (χ1n) is 7.00. The molecule has 0 fully saturated rings. The summed E-state index contributed by atoms with van der Waals surface area (Å²) in [5, 5.41) is 4.66. The van der Waals surface area contributed by atoms with Gasteiger partial charge in [-0.1, -0.05) is 31.0 Å². The second kappa shape index (κ2) is 6.93. The van der Waals surface area contributed by atoms with Gasteiger partial charge in [0.05, 0.1) is 12.1 Å². The maximum absolute atomic E-state index is 5.38. The summed E-state index contributed by atoms with van der Waals surface area (Å²) in [5.41, 5.74) is 2.28. The molecule has 0 atom stereocenters. The molecule has 0 unspecified atom stereocenters. The predicted molar refractivity (Wildman–Crippen MR) is 85.8 cm³/mol. The maximum atomic E-state index is 5.38. The first kappa shape index (κ1) is 14.4. The lowest BCUT2D eigenvalue weighted by Crippen LogP contribution is -2.20. The van der Waals surface area contributed by atoms with Crippen LogP contribution in [0.3, 0.4) is 0 Å². The molecule has 3 heteroatoms. The molecule has 0 saturated heterocycles. The van der Waals surface area contributed by atoms with Gasteiger partial charge in [0.2, 0.25) is 0 Å². The van der Waals surface area contributed by atoms with Gasteiger partial charge in [-0.25, -0.2) is 4.98 Å². The van der Waals surface area contributed by atoms with Gasteiger partial charge in [0.15, 0.2) is 0 Å². The van der Waals surface area contributed by atoms with Crippen molar-refractivity contribution in [3.63, 3.8) is 0 Å². The normalized spacial score (nSPS) is 10.4. The number of terminal acetylenes is 1. The van der Waals surface area contributed by atoms with E-state index < -0.39 is 0 Å². The van der Waals surface area contributed by atoms with E-state index in [4.69, 9.17) is 6.42 Å². The van der Waals surface area contributed by atoms with Crippen molar-refractivity contribution in [3.8, 4) is 12.3 Å². The van der Waals surface area contributed by atoms with Gasteiger partial charge >= 0.3 is 0 Å². The van der Waals surface area contributed by atoms with E-state index >= 15 is 0 Å². The number of benzene rings is 1. The summed E-state index contributed by atoms with van der Waals surface area (Å²) in [6.45, 7) is 4.61. The van der Waals surface area contributed by atoms with Crippen LogP contribution < -0.4 is 10.2 Å². The van der Waals surface area contributed by atoms with Crippen LogP contribution in [0.2, 0.25) is 0 Å². The third kappa shape index (κ3) is 3.28. The van der Waals surface area contributed by atoms with Gasteiger partial charge in [0.1, 0.15) is 5.82 Å². The van der Waals surface area contributed by atoms with Crippen LogP contribution in [-0.4, -0.2) is 25.1 Å². The largest absolute Gasteiger partial charge is 0.349 e. The fourth-order valence-electron chi connectivity index (χ4n) is 2.19. The molecular formula is C17H21N3. The quantitative estimate of drug-likeness (QED) is 0.644. The standard InChI is InChI=1S/C17H21N3/c1-4-10-18-13-14-12-17(20(3)11-5-2)19-16-9-7-6-8-15(14)16/h2,6-9,12,18H,4,10-11,13H2,1,3H3. The van der Waals surface area contributed by atoms with E-state index in [0.717, 1.165) is 30.8 Å². The molecule has 3 nitrogen and oxygen atoms in total. The monoisotopic (exact) mass is 267 g/mol. The number of hydrogen-bond acceptors (Lipinski definition) is 3. The lowest BCUT2D eigenvalue weighted by Gasteiger charge is -2.17. The van der Waals surface area contributed by atoms with Crippen molar-refractivity contribution >= 4 is 16.7 Å². The molecule has 1 aromatic heterocycles. The van der Waals surface area contributed by atoms with Gasteiger partial charge in [-0.15, -0.1) is 6.42 Å². The smallest absolute Gasteiger partial charge is 0.130 e. The third-order valence-electron chi connectivity index (χ3n) is 3.25. The first-order chi connectivity index (χ1) is 9.76. The second-order valence-corrected chi connectivity index (χ2v) is 4.89. The Labute approximate surface area is 121 Å². The number of hydrogen-bond donors (Lipinski definition) is 1. The predicted octanol–water partition coefficient (Wildman–Crippen LogP) is 2.80. The summed E-state index contributed by atoms with van der Waals surface area (Å²) in [5.74, 6) is 3.58. The average Bonchev–Trinajstić information content (AvgIpc) is 2.47. The van der Waals surface area contributed by atoms with Gasteiger partial charge < -0.3 is 10.2 Å². The van der Waals surface area contributed by atoms with E-state index in [9.17, 15) is 0 Å². The Morgan fingerprint density at radius 3 is 2.90 bits per heavy atom. The number of para-hydroxylation sites is 1. The van der Waals surface area contributed by atoms with Gasteiger partial charge in [-0.3, -0.25) is 0 Å². The molecular weight excluding hydrogens is 246 g/mol. The third-order valence-corrected chi connectivity index (χ3v) is 3.25. The number of nitrogens with zero attached hydrogens (tertiary/aromatic N) is 2. The summed E-state index contributed by atoms with van der Waals surface area (Å²) >= 11 is 0. The van der Waals surface area contributed by atoms with Crippen molar-refractivity contribution in [2.75, 3.05) is 25.0 Å². The lowest BCUT2D eigenvalue weighted by molar-refractivity contribution is 0.677.